The van der Waals surface area contributed by atoms with E-state index in [4.69, 9.17) is 4.74 Å². The van der Waals surface area contributed by atoms with Gasteiger partial charge >= 0.3 is 6.18 Å². The van der Waals surface area contributed by atoms with Crippen molar-refractivity contribution in [3.05, 3.63) is 54.1 Å². The molecule has 1 N–H and O–H groups in total. The molecule has 0 aliphatic heterocycles. The van der Waals surface area contributed by atoms with Gasteiger partial charge in [0.25, 0.3) is 0 Å². The van der Waals surface area contributed by atoms with E-state index in [0.29, 0.717) is 25.2 Å². The molecule has 10 heteroatoms. The first-order valence-corrected chi connectivity index (χ1v) is 12.3. The summed E-state index contributed by atoms with van der Waals surface area (Å²) >= 11 is 0. The van der Waals surface area contributed by atoms with Crippen LogP contribution in [-0.2, 0) is 21.0 Å². The number of halogens is 3. The van der Waals surface area contributed by atoms with Gasteiger partial charge in [0.2, 0.25) is 15.9 Å². The SMILES string of the molecule is CCOc1ccc(S(=O)(=O)N(CC(=O)Nc2cccc(C(F)(F)F)c2)C2CCCCC2)cc1. The molecular weight excluding hydrogens is 457 g/mol. The Labute approximate surface area is 191 Å². The van der Waals surface area contributed by atoms with Crippen LogP contribution < -0.4 is 10.1 Å². The molecule has 33 heavy (non-hydrogen) atoms. The average Bonchev–Trinajstić information content (AvgIpc) is 2.78. The van der Waals surface area contributed by atoms with Gasteiger partial charge in [-0.05, 0) is 62.2 Å². The number of rotatable bonds is 8. The Morgan fingerprint density at radius 3 is 2.36 bits per heavy atom. The number of alkyl halides is 3. The Hall–Kier alpha value is -2.59. The van der Waals surface area contributed by atoms with E-state index in [9.17, 15) is 26.4 Å². The van der Waals surface area contributed by atoms with E-state index in [1.54, 1.807) is 12.1 Å². The van der Waals surface area contributed by atoms with Crippen molar-refractivity contribution >= 4 is 21.6 Å². The van der Waals surface area contributed by atoms with Gasteiger partial charge in [-0.2, -0.15) is 17.5 Å². The lowest BCUT2D eigenvalue weighted by atomic mass is 9.95. The largest absolute Gasteiger partial charge is 0.494 e. The van der Waals surface area contributed by atoms with Crippen LogP contribution in [0.1, 0.15) is 44.6 Å². The summed E-state index contributed by atoms with van der Waals surface area (Å²) in [5, 5.41) is 2.41. The number of sulfonamides is 1. The lowest BCUT2D eigenvalue weighted by molar-refractivity contribution is -0.137. The number of benzene rings is 2. The molecule has 0 radical (unpaired) electrons. The van der Waals surface area contributed by atoms with E-state index in [1.807, 2.05) is 6.92 Å². The van der Waals surface area contributed by atoms with Gasteiger partial charge in [0, 0.05) is 11.7 Å². The summed E-state index contributed by atoms with van der Waals surface area (Å²) in [4.78, 5) is 12.8. The standard InChI is InChI=1S/C23H27F3N2O4S/c1-2-32-20-11-13-21(14-12-20)33(30,31)28(19-9-4-3-5-10-19)16-22(29)27-18-8-6-7-17(15-18)23(24,25)26/h6-8,11-15,19H,2-5,9-10,16H2,1H3,(H,27,29). The third-order valence-corrected chi connectivity index (χ3v) is 7.41. The van der Waals surface area contributed by atoms with Gasteiger partial charge in [-0.25, -0.2) is 8.42 Å². The Morgan fingerprint density at radius 2 is 1.76 bits per heavy atom. The number of amides is 1. The van der Waals surface area contributed by atoms with Crippen LogP contribution in [-0.4, -0.2) is 37.8 Å². The monoisotopic (exact) mass is 484 g/mol. The van der Waals surface area contributed by atoms with Crippen molar-refractivity contribution in [3.8, 4) is 5.75 Å². The topological polar surface area (TPSA) is 75.7 Å². The summed E-state index contributed by atoms with van der Waals surface area (Å²) in [6.07, 6.45) is -0.639. The minimum Gasteiger partial charge on any atom is -0.494 e. The first-order valence-electron chi connectivity index (χ1n) is 10.8. The van der Waals surface area contributed by atoms with E-state index in [-0.39, 0.29) is 16.6 Å². The Balaban J connectivity index is 1.83. The number of hydrogen-bond donors (Lipinski definition) is 1. The van der Waals surface area contributed by atoms with E-state index in [1.165, 1.54) is 28.6 Å². The fourth-order valence-electron chi connectivity index (χ4n) is 3.90. The lowest BCUT2D eigenvalue weighted by Gasteiger charge is -2.33. The quantitative estimate of drug-likeness (QED) is 0.568. The number of carbonyl (C=O) groups is 1. The van der Waals surface area contributed by atoms with Crippen LogP contribution >= 0.6 is 0 Å². The molecular formula is C23H27F3N2O4S. The maximum atomic E-state index is 13.4. The average molecular weight is 485 g/mol. The van der Waals surface area contributed by atoms with Crippen LogP contribution in [0.5, 0.6) is 5.75 Å². The van der Waals surface area contributed by atoms with E-state index in [0.717, 1.165) is 31.4 Å². The highest BCUT2D eigenvalue weighted by Crippen LogP contribution is 2.31. The van der Waals surface area contributed by atoms with Gasteiger partial charge in [0.1, 0.15) is 5.75 Å². The van der Waals surface area contributed by atoms with Gasteiger partial charge in [-0.3, -0.25) is 4.79 Å². The Kier molecular flexibility index (Phi) is 8.01. The number of nitrogens with one attached hydrogen (secondary N) is 1. The predicted molar refractivity (Wildman–Crippen MR) is 118 cm³/mol. The van der Waals surface area contributed by atoms with Gasteiger partial charge < -0.3 is 10.1 Å². The van der Waals surface area contributed by atoms with E-state index in [2.05, 4.69) is 5.32 Å². The first kappa shape index (κ1) is 25.0. The molecule has 2 aromatic rings. The number of ether oxygens (including phenoxy) is 1. The normalized spacial score (nSPS) is 15.4. The molecule has 0 aromatic heterocycles. The summed E-state index contributed by atoms with van der Waals surface area (Å²) in [6, 6.07) is 9.86. The van der Waals surface area contributed by atoms with Crippen LogP contribution in [0.2, 0.25) is 0 Å². The second-order valence-electron chi connectivity index (χ2n) is 7.87. The van der Waals surface area contributed by atoms with Gasteiger partial charge in [0.15, 0.2) is 0 Å². The molecule has 180 valence electrons. The molecule has 3 rings (SSSR count). The molecule has 0 unspecified atom stereocenters. The van der Waals surface area contributed by atoms with Crippen molar-refractivity contribution in [1.29, 1.82) is 0 Å². The van der Waals surface area contributed by atoms with Crippen LogP contribution in [0.4, 0.5) is 18.9 Å². The second-order valence-corrected chi connectivity index (χ2v) is 9.76. The highest BCUT2D eigenvalue weighted by Gasteiger charge is 2.34. The van der Waals surface area contributed by atoms with Crippen LogP contribution in [0.3, 0.4) is 0 Å². The van der Waals surface area contributed by atoms with Crippen molar-refractivity contribution in [2.24, 2.45) is 0 Å². The highest BCUT2D eigenvalue weighted by molar-refractivity contribution is 7.89. The predicted octanol–water partition coefficient (Wildman–Crippen LogP) is 5.07. The van der Waals surface area contributed by atoms with Crippen LogP contribution in [0, 0.1) is 0 Å². The Morgan fingerprint density at radius 1 is 1.09 bits per heavy atom. The zero-order chi connectivity index (χ0) is 24.1. The minimum atomic E-state index is -4.55. The van der Waals surface area contributed by atoms with Crippen LogP contribution in [0.15, 0.2) is 53.4 Å². The second kappa shape index (κ2) is 10.6. The lowest BCUT2D eigenvalue weighted by Crippen LogP contribution is -2.45. The zero-order valence-corrected chi connectivity index (χ0v) is 19.1. The minimum absolute atomic E-state index is 0.0309. The van der Waals surface area contributed by atoms with Crippen molar-refractivity contribution in [2.75, 3.05) is 18.5 Å². The summed E-state index contributed by atoms with van der Waals surface area (Å²) < 4.78 is 72.3. The molecule has 1 aliphatic carbocycles. The molecule has 2 aromatic carbocycles. The van der Waals surface area contributed by atoms with Crippen molar-refractivity contribution in [3.63, 3.8) is 0 Å². The first-order chi connectivity index (χ1) is 15.6. The van der Waals surface area contributed by atoms with Crippen LogP contribution in [0.25, 0.3) is 0 Å². The highest BCUT2D eigenvalue weighted by atomic mass is 32.2. The maximum absolute atomic E-state index is 13.4. The molecule has 1 saturated carbocycles. The molecule has 0 heterocycles. The van der Waals surface area contributed by atoms with Gasteiger partial charge in [-0.15, -0.1) is 0 Å². The molecule has 0 atom stereocenters. The molecule has 6 nitrogen and oxygen atoms in total. The number of carbonyl (C=O) groups excluding carboxylic acids is 1. The summed E-state index contributed by atoms with van der Waals surface area (Å²) in [5.74, 6) is -0.169. The zero-order valence-electron chi connectivity index (χ0n) is 18.3. The fourth-order valence-corrected chi connectivity index (χ4v) is 5.55. The van der Waals surface area contributed by atoms with Crippen molar-refractivity contribution < 1.29 is 31.1 Å². The maximum Gasteiger partial charge on any atom is 0.416 e. The molecule has 1 aliphatic rings. The van der Waals surface area contributed by atoms with E-state index < -0.39 is 34.2 Å². The molecule has 0 saturated heterocycles. The Bertz CT molecular complexity index is 1050. The van der Waals surface area contributed by atoms with Crippen molar-refractivity contribution in [1.82, 2.24) is 4.31 Å². The molecule has 1 amide bonds. The molecule has 1 fully saturated rings. The third kappa shape index (κ3) is 6.48. The van der Waals surface area contributed by atoms with Crippen molar-refractivity contribution in [2.45, 2.75) is 56.1 Å². The third-order valence-electron chi connectivity index (χ3n) is 5.50. The smallest absolute Gasteiger partial charge is 0.416 e. The summed E-state index contributed by atoms with van der Waals surface area (Å²) in [7, 11) is -4.01. The fraction of sp³-hybridized carbons (Fsp3) is 0.435. The number of anilines is 1. The van der Waals surface area contributed by atoms with Gasteiger partial charge in [0.05, 0.1) is 23.6 Å². The number of nitrogens with zero attached hydrogens (tertiary/aromatic N) is 1. The molecule has 0 spiro atoms. The summed E-state index contributed by atoms with van der Waals surface area (Å²) in [6.45, 7) is 1.77. The summed E-state index contributed by atoms with van der Waals surface area (Å²) in [5.41, 5.74) is -0.941. The molecule has 0 bridgehead atoms. The van der Waals surface area contributed by atoms with Gasteiger partial charge in [-0.1, -0.05) is 25.3 Å². The van der Waals surface area contributed by atoms with E-state index >= 15 is 0 Å². The number of hydrogen-bond acceptors (Lipinski definition) is 4.